The van der Waals surface area contributed by atoms with Crippen LogP contribution in [0.3, 0.4) is 0 Å². The minimum Gasteiger partial charge on any atom is -0.434 e. The summed E-state index contributed by atoms with van der Waals surface area (Å²) in [7, 11) is 3.66. The molecule has 0 aliphatic carbocycles. The molecule has 4 nitrogen and oxygen atoms in total. The Bertz CT molecular complexity index is 856. The normalized spacial score (nSPS) is 11.4. The predicted molar refractivity (Wildman–Crippen MR) is 102 cm³/mol. The molecule has 0 heterocycles. The van der Waals surface area contributed by atoms with Gasteiger partial charge in [0.2, 0.25) is 5.91 Å². The number of rotatable bonds is 9. The number of alkyl halides is 2. The van der Waals surface area contributed by atoms with Gasteiger partial charge in [0.1, 0.15) is 17.4 Å². The third-order valence-electron chi connectivity index (χ3n) is 4.05. The maximum atomic E-state index is 14.0. The molecule has 2 rings (SSSR count). The second kappa shape index (κ2) is 10.6. The Kier molecular flexibility index (Phi) is 8.21. The maximum Gasteiger partial charge on any atom is 0.387 e. The Balaban J connectivity index is 2.20. The fraction of sp³-hybridized carbons (Fsp3) is 0.286. The summed E-state index contributed by atoms with van der Waals surface area (Å²) in [5.41, 5.74) is 0.481. The summed E-state index contributed by atoms with van der Waals surface area (Å²) in [6.45, 7) is -2.23. The fourth-order valence-electron chi connectivity index (χ4n) is 2.53. The van der Waals surface area contributed by atoms with Crippen LogP contribution in [0.2, 0.25) is 0 Å². The molecule has 0 saturated heterocycles. The summed E-state index contributed by atoms with van der Waals surface area (Å²) in [6.07, 6.45) is 2.58. The zero-order chi connectivity index (χ0) is 21.4. The van der Waals surface area contributed by atoms with Crippen molar-refractivity contribution in [2.75, 3.05) is 27.2 Å². The van der Waals surface area contributed by atoms with Crippen LogP contribution in [0.4, 0.5) is 17.6 Å². The first-order valence-corrected chi connectivity index (χ1v) is 8.85. The van der Waals surface area contributed by atoms with E-state index in [1.807, 2.05) is 19.0 Å². The van der Waals surface area contributed by atoms with Crippen molar-refractivity contribution in [1.29, 1.82) is 0 Å². The van der Waals surface area contributed by atoms with Gasteiger partial charge in [-0.15, -0.1) is 0 Å². The number of halogens is 4. The largest absolute Gasteiger partial charge is 0.434 e. The molecule has 29 heavy (non-hydrogen) atoms. The number of amides is 1. The lowest BCUT2D eigenvalue weighted by Crippen LogP contribution is -2.35. The highest BCUT2D eigenvalue weighted by Gasteiger charge is 2.15. The van der Waals surface area contributed by atoms with Crippen LogP contribution in [0.15, 0.2) is 48.5 Å². The average Bonchev–Trinajstić information content (AvgIpc) is 2.65. The van der Waals surface area contributed by atoms with E-state index in [2.05, 4.69) is 4.74 Å². The van der Waals surface area contributed by atoms with Crippen LogP contribution in [0.25, 0.3) is 6.08 Å². The van der Waals surface area contributed by atoms with Crippen LogP contribution in [0, 0.1) is 11.6 Å². The summed E-state index contributed by atoms with van der Waals surface area (Å²) in [5, 5.41) is 0. The van der Waals surface area contributed by atoms with Gasteiger partial charge in [0.05, 0.1) is 0 Å². The molecule has 0 bridgehead atoms. The first-order chi connectivity index (χ1) is 13.8. The van der Waals surface area contributed by atoms with E-state index in [4.69, 9.17) is 0 Å². The van der Waals surface area contributed by atoms with E-state index in [0.717, 1.165) is 12.1 Å². The standard InChI is InChI=1S/C21H22F4N2O2/c1-26(2)11-12-27(14-16-7-9-17(22)13-18(16)23)20(28)10-8-15-5-3-4-6-19(15)29-21(24)25/h3-10,13,21H,11-12,14H2,1-2H3/b10-8+. The van der Waals surface area contributed by atoms with E-state index in [-0.39, 0.29) is 17.9 Å². The fourth-order valence-corrected chi connectivity index (χ4v) is 2.53. The van der Waals surface area contributed by atoms with Gasteiger partial charge in [0, 0.05) is 42.9 Å². The first kappa shape index (κ1) is 22.4. The second-order valence-corrected chi connectivity index (χ2v) is 6.55. The molecule has 2 aromatic carbocycles. The number of hydrogen-bond acceptors (Lipinski definition) is 3. The molecule has 1 amide bonds. The average molecular weight is 410 g/mol. The number of ether oxygens (including phenoxy) is 1. The summed E-state index contributed by atoms with van der Waals surface area (Å²) in [4.78, 5) is 15.9. The zero-order valence-electron chi connectivity index (χ0n) is 16.1. The Labute approximate surface area is 167 Å². The highest BCUT2D eigenvalue weighted by atomic mass is 19.3. The molecule has 0 unspecified atom stereocenters. The number of likely N-dealkylation sites (N-methyl/N-ethyl adjacent to an activating group) is 1. The molecule has 0 saturated carbocycles. The van der Waals surface area contributed by atoms with E-state index in [0.29, 0.717) is 18.7 Å². The molecule has 2 aromatic rings. The van der Waals surface area contributed by atoms with E-state index in [1.54, 1.807) is 6.07 Å². The molecule has 0 fully saturated rings. The number of nitrogens with zero attached hydrogens (tertiary/aromatic N) is 2. The Morgan fingerprint density at radius 1 is 1.10 bits per heavy atom. The van der Waals surface area contributed by atoms with Crippen LogP contribution in [-0.4, -0.2) is 49.5 Å². The molecule has 0 aliphatic heterocycles. The minimum absolute atomic E-state index is 0.0572. The molecule has 8 heteroatoms. The third-order valence-corrected chi connectivity index (χ3v) is 4.05. The van der Waals surface area contributed by atoms with Gasteiger partial charge < -0.3 is 14.5 Å². The van der Waals surface area contributed by atoms with Gasteiger partial charge in [0.25, 0.3) is 0 Å². The van der Waals surface area contributed by atoms with Crippen molar-refractivity contribution in [2.24, 2.45) is 0 Å². The quantitative estimate of drug-likeness (QED) is 0.460. The topological polar surface area (TPSA) is 32.8 Å². The highest BCUT2D eigenvalue weighted by molar-refractivity contribution is 5.92. The summed E-state index contributed by atoms with van der Waals surface area (Å²) in [6, 6.07) is 9.24. The lowest BCUT2D eigenvalue weighted by Gasteiger charge is -2.23. The third kappa shape index (κ3) is 7.23. The number of carbonyl (C=O) groups is 1. The van der Waals surface area contributed by atoms with Gasteiger partial charge in [-0.25, -0.2) is 8.78 Å². The van der Waals surface area contributed by atoms with Crippen LogP contribution in [-0.2, 0) is 11.3 Å². The van der Waals surface area contributed by atoms with E-state index in [1.165, 1.54) is 41.3 Å². The summed E-state index contributed by atoms with van der Waals surface area (Å²) >= 11 is 0. The number of benzene rings is 2. The Hall–Kier alpha value is -2.87. The van der Waals surface area contributed by atoms with Crippen LogP contribution in [0.1, 0.15) is 11.1 Å². The summed E-state index contributed by atoms with van der Waals surface area (Å²) < 4.78 is 56.6. The summed E-state index contributed by atoms with van der Waals surface area (Å²) in [5.74, 6) is -1.95. The van der Waals surface area contributed by atoms with E-state index in [9.17, 15) is 22.4 Å². The molecule has 0 N–H and O–H groups in total. The lowest BCUT2D eigenvalue weighted by molar-refractivity contribution is -0.126. The molecule has 0 aromatic heterocycles. The Morgan fingerprint density at radius 3 is 2.48 bits per heavy atom. The van der Waals surface area contributed by atoms with Crippen molar-refractivity contribution in [3.8, 4) is 5.75 Å². The van der Waals surface area contributed by atoms with Crippen molar-refractivity contribution in [2.45, 2.75) is 13.2 Å². The number of para-hydroxylation sites is 1. The van der Waals surface area contributed by atoms with Gasteiger partial charge in [-0.2, -0.15) is 8.78 Å². The molecule has 0 radical (unpaired) electrons. The van der Waals surface area contributed by atoms with E-state index >= 15 is 0 Å². The first-order valence-electron chi connectivity index (χ1n) is 8.85. The maximum absolute atomic E-state index is 14.0. The SMILES string of the molecule is CN(C)CCN(Cc1ccc(F)cc1F)C(=O)/C=C/c1ccccc1OC(F)F. The monoisotopic (exact) mass is 410 g/mol. The van der Waals surface area contributed by atoms with Crippen LogP contribution in [0.5, 0.6) is 5.75 Å². The molecule has 156 valence electrons. The number of carbonyl (C=O) groups excluding carboxylic acids is 1. The van der Waals surface area contributed by atoms with E-state index < -0.39 is 24.2 Å². The predicted octanol–water partition coefficient (Wildman–Crippen LogP) is 4.17. The van der Waals surface area contributed by atoms with Crippen molar-refractivity contribution < 1.29 is 27.1 Å². The smallest absolute Gasteiger partial charge is 0.387 e. The van der Waals surface area contributed by atoms with Gasteiger partial charge >= 0.3 is 6.61 Å². The highest BCUT2D eigenvalue weighted by Crippen LogP contribution is 2.22. The molecule has 0 spiro atoms. The second-order valence-electron chi connectivity index (χ2n) is 6.55. The van der Waals surface area contributed by atoms with Crippen LogP contribution >= 0.6 is 0 Å². The zero-order valence-corrected chi connectivity index (χ0v) is 16.1. The minimum atomic E-state index is -2.99. The molecular formula is C21H22F4N2O2. The van der Waals surface area contributed by atoms with Gasteiger partial charge in [-0.1, -0.05) is 24.3 Å². The van der Waals surface area contributed by atoms with Crippen molar-refractivity contribution >= 4 is 12.0 Å². The van der Waals surface area contributed by atoms with Crippen molar-refractivity contribution in [1.82, 2.24) is 9.80 Å². The van der Waals surface area contributed by atoms with Crippen molar-refractivity contribution in [3.05, 3.63) is 71.3 Å². The van der Waals surface area contributed by atoms with Gasteiger partial charge in [-0.05, 0) is 32.3 Å². The number of hydrogen-bond donors (Lipinski definition) is 0. The molecule has 0 aliphatic rings. The Morgan fingerprint density at radius 2 is 1.83 bits per heavy atom. The van der Waals surface area contributed by atoms with Gasteiger partial charge in [-0.3, -0.25) is 4.79 Å². The molecule has 0 atom stereocenters. The molecular weight excluding hydrogens is 388 g/mol. The lowest BCUT2D eigenvalue weighted by atomic mass is 10.1. The van der Waals surface area contributed by atoms with Crippen molar-refractivity contribution in [3.63, 3.8) is 0 Å². The van der Waals surface area contributed by atoms with Crippen LogP contribution < -0.4 is 4.74 Å². The van der Waals surface area contributed by atoms with Gasteiger partial charge in [0.15, 0.2) is 0 Å².